The molecular weight excluding hydrogens is 299 g/mol. The van der Waals surface area contributed by atoms with Gasteiger partial charge in [-0.15, -0.1) is 16.9 Å². The maximum atomic E-state index is 13.0. The molecule has 15 heavy (non-hydrogen) atoms. The SMILES string of the molecule is Fc1c[c]([Mg][Br])cc(F)c1OC(F)(F)F. The standard InChI is InChI=1S/C7H2F5O.BrH.Mg/c8-4-2-1-3-5(9)6(4)13-7(10,11)12;;/h2-3H;1H;/q;;+1/p-1. The Hall–Kier alpha value is -0.0838. The molecule has 0 radical (unpaired) electrons. The minimum absolute atomic E-state index is 0.319. The molecule has 0 spiro atoms. The molecule has 8 heteroatoms. The molecule has 1 nitrogen and oxygen atoms in total. The molecule has 1 aromatic carbocycles. The number of alkyl halides is 3. The maximum absolute atomic E-state index is 13.0. The largest absolute Gasteiger partial charge is 0.573 e. The summed E-state index contributed by atoms with van der Waals surface area (Å²) in [4.78, 5) is 0. The van der Waals surface area contributed by atoms with E-state index >= 15 is 0 Å². The lowest BCUT2D eigenvalue weighted by molar-refractivity contribution is -0.276. The van der Waals surface area contributed by atoms with Gasteiger partial charge in [0.2, 0.25) is 0 Å². The smallest absolute Gasteiger partial charge is 0.399 e. The number of hydrogen-bond acceptors (Lipinski definition) is 1. The highest BCUT2D eigenvalue weighted by Gasteiger charge is 2.34. The van der Waals surface area contributed by atoms with E-state index in [9.17, 15) is 22.0 Å². The fourth-order valence-corrected chi connectivity index (χ4v) is 2.39. The third-order valence-corrected chi connectivity index (χ3v) is 4.09. The summed E-state index contributed by atoms with van der Waals surface area (Å²) in [5.41, 5.74) is 0. The van der Waals surface area contributed by atoms with Gasteiger partial charge in [-0.2, -0.15) is 0 Å². The van der Waals surface area contributed by atoms with E-state index in [0.29, 0.717) is 3.69 Å². The van der Waals surface area contributed by atoms with Crippen LogP contribution in [0.5, 0.6) is 5.75 Å². The first kappa shape index (κ1) is 13.0. The highest BCUT2D eigenvalue weighted by Crippen LogP contribution is 2.27. The molecule has 1 aromatic rings. The molecule has 0 bridgehead atoms. The summed E-state index contributed by atoms with van der Waals surface area (Å²) < 4.78 is 64.6. The Bertz CT molecular complexity index is 344. The summed E-state index contributed by atoms with van der Waals surface area (Å²) in [6.45, 7) is 0. The van der Waals surface area contributed by atoms with Crippen molar-refractivity contribution in [3.8, 4) is 5.75 Å². The molecule has 0 aromatic heterocycles. The fraction of sp³-hybridized carbons (Fsp3) is 0.143. The lowest BCUT2D eigenvalue weighted by Gasteiger charge is -2.11. The van der Waals surface area contributed by atoms with Crippen molar-refractivity contribution < 1.29 is 26.7 Å². The quantitative estimate of drug-likeness (QED) is 0.602. The van der Waals surface area contributed by atoms with Crippen molar-refractivity contribution in [1.82, 2.24) is 0 Å². The number of halogens is 6. The molecule has 0 saturated carbocycles. The van der Waals surface area contributed by atoms with Gasteiger partial charge in [-0.05, 0) is 12.1 Å². The molecule has 0 heterocycles. The van der Waals surface area contributed by atoms with Gasteiger partial charge >= 0.3 is 24.6 Å². The molecule has 0 fully saturated rings. The van der Waals surface area contributed by atoms with Gasteiger partial charge in [0.15, 0.2) is 17.4 Å². The van der Waals surface area contributed by atoms with Gasteiger partial charge in [0.1, 0.15) is 0 Å². The van der Waals surface area contributed by atoms with Crippen molar-refractivity contribution in [2.24, 2.45) is 0 Å². The molecule has 0 aliphatic carbocycles. The van der Waals surface area contributed by atoms with Crippen LogP contribution in [0.3, 0.4) is 0 Å². The van der Waals surface area contributed by atoms with E-state index in [2.05, 4.69) is 17.6 Å². The molecule has 0 aliphatic heterocycles. The Morgan fingerprint density at radius 3 is 1.93 bits per heavy atom. The Kier molecular flexibility index (Phi) is 4.18. The van der Waals surface area contributed by atoms with Gasteiger partial charge in [-0.3, -0.25) is 12.9 Å². The van der Waals surface area contributed by atoms with Crippen LogP contribution in [-0.4, -0.2) is 24.6 Å². The summed E-state index contributed by atoms with van der Waals surface area (Å²) in [6, 6.07) is 1.65. The molecule has 80 valence electrons. The van der Waals surface area contributed by atoms with Crippen LogP contribution in [0.1, 0.15) is 0 Å². The van der Waals surface area contributed by atoms with Crippen LogP contribution >= 0.6 is 12.9 Å². The first-order valence-corrected chi connectivity index (χ1v) is 8.23. The number of hydrogen-bond donors (Lipinski definition) is 0. The molecule has 1 rings (SSSR count). The minimum Gasteiger partial charge on any atom is -0.399 e. The summed E-state index contributed by atoms with van der Waals surface area (Å²) in [5.74, 6) is -4.12. The molecule has 0 atom stereocenters. The Labute approximate surface area is 97.2 Å². The topological polar surface area (TPSA) is 9.23 Å². The van der Waals surface area contributed by atoms with Crippen LogP contribution in [0.4, 0.5) is 22.0 Å². The second kappa shape index (κ2) is 4.83. The predicted octanol–water partition coefficient (Wildman–Crippen LogP) is 2.50. The molecular formula is C7H2BrF5MgO. The van der Waals surface area contributed by atoms with Gasteiger partial charge in [0.05, 0.1) is 0 Å². The van der Waals surface area contributed by atoms with E-state index in [1.54, 1.807) is 0 Å². The maximum Gasteiger partial charge on any atom is 0.573 e. The van der Waals surface area contributed by atoms with Crippen molar-refractivity contribution in [3.63, 3.8) is 0 Å². The number of ether oxygens (including phenoxy) is 1. The van der Waals surface area contributed by atoms with Crippen LogP contribution in [0.15, 0.2) is 12.1 Å². The van der Waals surface area contributed by atoms with Gasteiger partial charge in [0, 0.05) is 0 Å². The Morgan fingerprint density at radius 2 is 1.60 bits per heavy atom. The van der Waals surface area contributed by atoms with Crippen molar-refractivity contribution in [1.29, 1.82) is 0 Å². The zero-order valence-electron chi connectivity index (χ0n) is 7.04. The van der Waals surface area contributed by atoms with Crippen LogP contribution in [0, 0.1) is 11.6 Å². The molecule has 0 aliphatic rings. The van der Waals surface area contributed by atoms with E-state index in [1.807, 2.05) is 0 Å². The van der Waals surface area contributed by atoms with Crippen LogP contribution in [0.25, 0.3) is 0 Å². The average Bonchev–Trinajstić information content (AvgIpc) is 2.09. The Balaban J connectivity index is 3.09. The number of rotatable bonds is 2. The van der Waals surface area contributed by atoms with Crippen molar-refractivity contribution in [3.05, 3.63) is 23.8 Å². The Morgan fingerprint density at radius 1 is 1.13 bits per heavy atom. The fourth-order valence-electron chi connectivity index (χ4n) is 0.903. The lowest BCUT2D eigenvalue weighted by atomic mass is 10.3. The van der Waals surface area contributed by atoms with Crippen molar-refractivity contribution in [2.75, 3.05) is 0 Å². The molecule has 0 saturated heterocycles. The minimum atomic E-state index is -5.10. The normalized spacial score (nSPS) is 11.1. The summed E-state index contributed by atoms with van der Waals surface area (Å²) in [5, 5.41) is 0. The lowest BCUT2D eigenvalue weighted by Crippen LogP contribution is -2.20. The molecule has 0 N–H and O–H groups in total. The van der Waals surface area contributed by atoms with E-state index < -0.39 is 41.9 Å². The van der Waals surface area contributed by atoms with Crippen LogP contribution in [-0.2, 0) is 0 Å². The summed E-state index contributed by atoms with van der Waals surface area (Å²) >= 11 is 2.04. The molecule has 0 amide bonds. The number of benzene rings is 1. The van der Waals surface area contributed by atoms with Gasteiger partial charge in [0.25, 0.3) is 0 Å². The monoisotopic (exact) mass is 300 g/mol. The third-order valence-electron chi connectivity index (χ3n) is 1.43. The van der Waals surface area contributed by atoms with Crippen molar-refractivity contribution >= 4 is 34.8 Å². The first-order chi connectivity index (χ1) is 6.83. The summed E-state index contributed by atoms with van der Waals surface area (Å²) in [6.07, 6.45) is -5.10. The second-order valence-corrected chi connectivity index (χ2v) is 5.34. The zero-order valence-corrected chi connectivity index (χ0v) is 10.0. The van der Waals surface area contributed by atoms with Gasteiger partial charge < -0.3 is 4.74 Å². The average molecular weight is 301 g/mol. The van der Waals surface area contributed by atoms with Crippen LogP contribution in [0.2, 0.25) is 0 Å². The van der Waals surface area contributed by atoms with E-state index in [0.717, 1.165) is 12.1 Å². The van der Waals surface area contributed by atoms with Crippen molar-refractivity contribution in [2.45, 2.75) is 6.36 Å². The first-order valence-electron chi connectivity index (χ1n) is 3.63. The zero-order chi connectivity index (χ0) is 11.6. The van der Waals surface area contributed by atoms with E-state index in [-0.39, 0.29) is 0 Å². The second-order valence-electron chi connectivity index (χ2n) is 2.57. The van der Waals surface area contributed by atoms with Crippen LogP contribution < -0.4 is 8.43 Å². The van der Waals surface area contributed by atoms with E-state index in [1.165, 1.54) is 0 Å². The van der Waals surface area contributed by atoms with E-state index in [4.69, 9.17) is 0 Å². The highest BCUT2D eigenvalue weighted by atomic mass is 79.9. The van der Waals surface area contributed by atoms with Gasteiger partial charge in [-0.1, -0.05) is 0 Å². The van der Waals surface area contributed by atoms with Gasteiger partial charge in [-0.25, -0.2) is 8.78 Å². The molecule has 0 unspecified atom stereocenters. The predicted molar refractivity (Wildman–Crippen MR) is 47.4 cm³/mol. The third kappa shape index (κ3) is 3.76. The summed E-state index contributed by atoms with van der Waals surface area (Å²) in [7, 11) is 0. The highest BCUT2D eigenvalue weighted by molar-refractivity contribution is 9.23.